The lowest BCUT2D eigenvalue weighted by atomic mass is 10.3. The Morgan fingerprint density at radius 3 is 2.67 bits per heavy atom. The van der Waals surface area contributed by atoms with E-state index in [4.69, 9.17) is 39.5 Å². The monoisotopic (exact) mass is 322 g/mol. The number of nitrogens with zero attached hydrogens (tertiary/aromatic N) is 1. The average molecular weight is 324 g/mol. The van der Waals surface area contributed by atoms with Crippen molar-refractivity contribution < 1.29 is 4.74 Å². The van der Waals surface area contributed by atoms with Gasteiger partial charge in [-0.3, -0.25) is 0 Å². The molecule has 3 nitrogen and oxygen atoms in total. The molecule has 2 aromatic rings. The molecule has 0 aliphatic heterocycles. The number of anilines is 1. The molecule has 0 unspecified atom stereocenters. The molecule has 0 radical (unpaired) electrons. The second-order valence-corrected chi connectivity index (χ2v) is 5.91. The summed E-state index contributed by atoms with van der Waals surface area (Å²) in [4.78, 5) is 4.98. The zero-order valence-corrected chi connectivity index (χ0v) is 12.4. The Morgan fingerprint density at radius 1 is 1.28 bits per heavy atom. The van der Waals surface area contributed by atoms with Crippen molar-refractivity contribution in [3.8, 4) is 5.75 Å². The number of ether oxygens (including phenoxy) is 1. The van der Waals surface area contributed by atoms with Crippen molar-refractivity contribution in [2.45, 2.75) is 6.54 Å². The van der Waals surface area contributed by atoms with Gasteiger partial charge in [0.25, 0.3) is 0 Å². The number of hydrogen-bond donors (Lipinski definition) is 1. The van der Waals surface area contributed by atoms with Crippen LogP contribution < -0.4 is 10.1 Å². The highest BCUT2D eigenvalue weighted by molar-refractivity contribution is 7.15. The third-order valence-electron chi connectivity index (χ3n) is 2.22. The normalized spacial score (nSPS) is 10.4. The Labute approximate surface area is 124 Å². The summed E-state index contributed by atoms with van der Waals surface area (Å²) in [6.07, 6.45) is 1.72. The average Bonchev–Trinajstić information content (AvgIpc) is 2.74. The van der Waals surface area contributed by atoms with E-state index in [1.165, 1.54) is 11.3 Å². The molecule has 1 N–H and O–H groups in total. The van der Waals surface area contributed by atoms with Gasteiger partial charge in [-0.2, -0.15) is 0 Å². The lowest BCUT2D eigenvalue weighted by molar-refractivity contribution is 0.415. The maximum atomic E-state index is 6.09. The SMILES string of the molecule is COc1cc(NCc2cnc(Cl)s2)c(Cl)cc1Cl. The first-order valence-corrected chi connectivity index (χ1v) is 6.92. The molecule has 0 spiro atoms. The highest BCUT2D eigenvalue weighted by Gasteiger charge is 2.08. The molecule has 1 aromatic carbocycles. The van der Waals surface area contributed by atoms with Crippen molar-refractivity contribution in [1.82, 2.24) is 4.98 Å². The molecular formula is C11H9Cl3N2OS. The Morgan fingerprint density at radius 2 is 2.06 bits per heavy atom. The summed E-state index contributed by atoms with van der Waals surface area (Å²) in [6.45, 7) is 0.592. The van der Waals surface area contributed by atoms with E-state index in [-0.39, 0.29) is 0 Å². The van der Waals surface area contributed by atoms with Crippen LogP contribution >= 0.6 is 46.1 Å². The van der Waals surface area contributed by atoms with Gasteiger partial charge in [0, 0.05) is 17.1 Å². The van der Waals surface area contributed by atoms with Crippen LogP contribution in [0, 0.1) is 0 Å². The van der Waals surface area contributed by atoms with E-state index in [2.05, 4.69) is 10.3 Å². The van der Waals surface area contributed by atoms with E-state index in [1.807, 2.05) is 0 Å². The zero-order valence-electron chi connectivity index (χ0n) is 9.34. The maximum absolute atomic E-state index is 6.09. The van der Waals surface area contributed by atoms with Crippen LogP contribution in [0.2, 0.25) is 14.5 Å². The molecular weight excluding hydrogens is 315 g/mol. The molecule has 0 aliphatic rings. The van der Waals surface area contributed by atoms with Crippen molar-refractivity contribution in [3.05, 3.63) is 37.7 Å². The minimum Gasteiger partial charge on any atom is -0.495 e. The Kier molecular flexibility index (Phi) is 4.56. The lowest BCUT2D eigenvalue weighted by Crippen LogP contribution is -1.99. The number of benzene rings is 1. The van der Waals surface area contributed by atoms with Crippen LogP contribution in [-0.4, -0.2) is 12.1 Å². The molecule has 2 rings (SSSR count). The summed E-state index contributed by atoms with van der Waals surface area (Å²) in [5.41, 5.74) is 0.752. The number of aromatic nitrogens is 1. The largest absolute Gasteiger partial charge is 0.495 e. The molecule has 7 heteroatoms. The van der Waals surface area contributed by atoms with Crippen LogP contribution in [0.3, 0.4) is 0 Å². The third kappa shape index (κ3) is 3.20. The summed E-state index contributed by atoms with van der Waals surface area (Å²) in [7, 11) is 1.56. The van der Waals surface area contributed by atoms with E-state index in [0.29, 0.717) is 26.8 Å². The minimum absolute atomic E-state index is 0.480. The van der Waals surface area contributed by atoms with Gasteiger partial charge in [-0.05, 0) is 6.07 Å². The van der Waals surface area contributed by atoms with Crippen molar-refractivity contribution in [2.75, 3.05) is 12.4 Å². The zero-order chi connectivity index (χ0) is 13.1. The fourth-order valence-corrected chi connectivity index (χ4v) is 2.81. The molecule has 0 amide bonds. The Bertz CT molecular complexity index is 559. The summed E-state index contributed by atoms with van der Waals surface area (Å²) in [6, 6.07) is 3.40. The number of halogens is 3. The van der Waals surface area contributed by atoms with Gasteiger partial charge >= 0.3 is 0 Å². The first-order chi connectivity index (χ1) is 8.60. The molecule has 0 saturated carbocycles. The number of nitrogens with one attached hydrogen (secondary N) is 1. The van der Waals surface area contributed by atoms with Gasteiger partial charge in [0.1, 0.15) is 5.75 Å². The summed E-state index contributed by atoms with van der Waals surface area (Å²) >= 11 is 19.2. The van der Waals surface area contributed by atoms with Crippen LogP contribution in [0.25, 0.3) is 0 Å². The molecule has 1 heterocycles. The minimum atomic E-state index is 0.480. The molecule has 96 valence electrons. The van der Waals surface area contributed by atoms with Crippen LogP contribution in [-0.2, 0) is 6.54 Å². The van der Waals surface area contributed by atoms with E-state index in [0.717, 1.165) is 10.6 Å². The van der Waals surface area contributed by atoms with Crippen molar-refractivity contribution in [1.29, 1.82) is 0 Å². The van der Waals surface area contributed by atoms with Crippen LogP contribution in [0.4, 0.5) is 5.69 Å². The van der Waals surface area contributed by atoms with Crippen LogP contribution in [0.5, 0.6) is 5.75 Å². The highest BCUT2D eigenvalue weighted by atomic mass is 35.5. The summed E-state index contributed by atoms with van der Waals surface area (Å²) in [5.74, 6) is 0.575. The quantitative estimate of drug-likeness (QED) is 0.883. The molecule has 0 fully saturated rings. The van der Waals surface area contributed by atoms with Gasteiger partial charge in [-0.25, -0.2) is 4.98 Å². The second-order valence-electron chi connectivity index (χ2n) is 3.40. The third-order valence-corrected chi connectivity index (χ3v) is 3.94. The van der Waals surface area contributed by atoms with E-state index >= 15 is 0 Å². The Hall–Kier alpha value is -0.680. The number of thiazole rings is 1. The number of methoxy groups -OCH3 is 1. The van der Waals surface area contributed by atoms with Gasteiger partial charge in [0.05, 0.1) is 29.4 Å². The van der Waals surface area contributed by atoms with Gasteiger partial charge in [-0.1, -0.05) is 34.8 Å². The molecule has 18 heavy (non-hydrogen) atoms. The molecule has 1 aromatic heterocycles. The smallest absolute Gasteiger partial charge is 0.183 e. The van der Waals surface area contributed by atoms with Crippen LogP contribution in [0.1, 0.15) is 4.88 Å². The number of hydrogen-bond acceptors (Lipinski definition) is 4. The molecule has 0 atom stereocenters. The molecule has 0 bridgehead atoms. The summed E-state index contributed by atoms with van der Waals surface area (Å²) in [5, 5.41) is 4.20. The first-order valence-electron chi connectivity index (χ1n) is 4.97. The summed E-state index contributed by atoms with van der Waals surface area (Å²) < 4.78 is 5.66. The van der Waals surface area contributed by atoms with Crippen LogP contribution in [0.15, 0.2) is 18.3 Å². The van der Waals surface area contributed by atoms with Crippen molar-refractivity contribution >= 4 is 51.8 Å². The fraction of sp³-hybridized carbons (Fsp3) is 0.182. The predicted octanol–water partition coefficient (Wildman–Crippen LogP) is 4.72. The van der Waals surface area contributed by atoms with Crippen molar-refractivity contribution in [2.24, 2.45) is 0 Å². The fourth-order valence-electron chi connectivity index (χ4n) is 1.37. The maximum Gasteiger partial charge on any atom is 0.183 e. The Balaban J connectivity index is 2.13. The van der Waals surface area contributed by atoms with E-state index in [1.54, 1.807) is 25.4 Å². The second kappa shape index (κ2) is 5.97. The topological polar surface area (TPSA) is 34.1 Å². The number of rotatable bonds is 4. The van der Waals surface area contributed by atoms with Crippen molar-refractivity contribution in [3.63, 3.8) is 0 Å². The van der Waals surface area contributed by atoms with Gasteiger partial charge in [-0.15, -0.1) is 11.3 Å². The predicted molar refractivity (Wildman–Crippen MR) is 77.5 cm³/mol. The first kappa shape index (κ1) is 13.7. The van der Waals surface area contributed by atoms with E-state index < -0.39 is 0 Å². The lowest BCUT2D eigenvalue weighted by Gasteiger charge is -2.10. The van der Waals surface area contributed by atoms with Gasteiger partial charge in [0.15, 0.2) is 4.47 Å². The van der Waals surface area contributed by atoms with Gasteiger partial charge in [0.2, 0.25) is 0 Å². The molecule has 0 saturated heterocycles. The molecule has 0 aliphatic carbocycles. The highest BCUT2D eigenvalue weighted by Crippen LogP contribution is 2.34. The van der Waals surface area contributed by atoms with E-state index in [9.17, 15) is 0 Å². The standard InChI is InChI=1S/C11H9Cl3N2OS/c1-17-10-3-9(7(12)2-8(10)13)15-4-6-5-16-11(14)18-6/h2-3,5,15H,4H2,1H3. The van der Waals surface area contributed by atoms with Gasteiger partial charge < -0.3 is 10.1 Å².